The number of hydrogen-bond donors (Lipinski definition) is 0. The van der Waals surface area contributed by atoms with Gasteiger partial charge in [0, 0.05) is 11.8 Å². The van der Waals surface area contributed by atoms with Crippen LogP contribution >= 0.6 is 0 Å². The Kier molecular flexibility index (Phi) is 3.21. The third-order valence-electron chi connectivity index (χ3n) is 2.48. The van der Waals surface area contributed by atoms with Gasteiger partial charge in [0.1, 0.15) is 11.9 Å². The first-order chi connectivity index (χ1) is 8.91. The predicted molar refractivity (Wildman–Crippen MR) is 59.3 cm³/mol. The van der Waals surface area contributed by atoms with E-state index in [0.717, 1.165) is 24.4 Å². The lowest BCUT2D eigenvalue weighted by Crippen LogP contribution is -2.09. The van der Waals surface area contributed by atoms with Crippen LogP contribution in [-0.2, 0) is 6.18 Å². The second-order valence-electron chi connectivity index (χ2n) is 3.74. The Hall–Kier alpha value is -2.42. The normalized spacial score (nSPS) is 11.1. The zero-order valence-corrected chi connectivity index (χ0v) is 9.37. The molecule has 0 radical (unpaired) electrons. The largest absolute Gasteiger partial charge is 0.419 e. The third kappa shape index (κ3) is 2.71. The van der Waals surface area contributed by atoms with Crippen molar-refractivity contribution in [1.82, 2.24) is 4.98 Å². The van der Waals surface area contributed by atoms with Gasteiger partial charge in [-0.1, -0.05) is 12.1 Å². The first kappa shape index (κ1) is 13.0. The lowest BCUT2D eigenvalue weighted by molar-refractivity contribution is -0.138. The van der Waals surface area contributed by atoms with Crippen molar-refractivity contribution in [2.45, 2.75) is 6.18 Å². The zero-order valence-electron chi connectivity index (χ0n) is 9.37. The Balaban J connectivity index is 2.56. The van der Waals surface area contributed by atoms with Crippen LogP contribution in [0.3, 0.4) is 0 Å². The molecule has 0 aliphatic rings. The van der Waals surface area contributed by atoms with Gasteiger partial charge >= 0.3 is 6.18 Å². The van der Waals surface area contributed by atoms with E-state index in [-0.39, 0.29) is 5.56 Å². The van der Waals surface area contributed by atoms with E-state index in [0.29, 0.717) is 5.56 Å². The van der Waals surface area contributed by atoms with Gasteiger partial charge < -0.3 is 0 Å². The fourth-order valence-corrected chi connectivity index (χ4v) is 1.57. The van der Waals surface area contributed by atoms with Gasteiger partial charge in [0.25, 0.3) is 0 Å². The van der Waals surface area contributed by atoms with Crippen molar-refractivity contribution in [3.8, 4) is 17.2 Å². The highest BCUT2D eigenvalue weighted by Crippen LogP contribution is 2.33. The molecule has 96 valence electrons. The molecule has 0 fully saturated rings. The van der Waals surface area contributed by atoms with Crippen molar-refractivity contribution >= 4 is 0 Å². The smallest absolute Gasteiger partial charge is 0.244 e. The third-order valence-corrected chi connectivity index (χ3v) is 2.48. The van der Waals surface area contributed by atoms with Gasteiger partial charge in [-0.2, -0.15) is 18.4 Å². The summed E-state index contributed by atoms with van der Waals surface area (Å²) in [4.78, 5) is 3.49. The number of halogens is 4. The molecule has 0 saturated heterocycles. The molecular formula is C13H6F4N2. The summed E-state index contributed by atoms with van der Waals surface area (Å²) in [6, 6.07) is 7.20. The zero-order chi connectivity index (χ0) is 14.0. The molecule has 0 N–H and O–H groups in total. The number of rotatable bonds is 1. The van der Waals surface area contributed by atoms with Crippen LogP contribution in [0.2, 0.25) is 0 Å². The molecule has 1 aromatic carbocycles. The molecule has 2 nitrogen and oxygen atoms in total. The molecule has 2 rings (SSSR count). The number of benzene rings is 1. The second-order valence-corrected chi connectivity index (χ2v) is 3.74. The van der Waals surface area contributed by atoms with Crippen LogP contribution in [0, 0.1) is 17.1 Å². The fourth-order valence-electron chi connectivity index (χ4n) is 1.57. The van der Waals surface area contributed by atoms with Crippen LogP contribution in [0.15, 0.2) is 36.5 Å². The Morgan fingerprint density at radius 1 is 1.05 bits per heavy atom. The van der Waals surface area contributed by atoms with Crippen LogP contribution in [0.5, 0.6) is 0 Å². The SMILES string of the molecule is N#Cc1ncc(-c2ccc(F)cc2)cc1C(F)(F)F. The standard InChI is InChI=1S/C13H6F4N2/c14-10-3-1-8(2-4-10)9-5-11(13(15,16)17)12(6-18)19-7-9/h1-5,7H. The first-order valence-corrected chi connectivity index (χ1v) is 5.15. The minimum atomic E-state index is -4.66. The molecule has 1 aromatic heterocycles. The minimum Gasteiger partial charge on any atom is -0.244 e. The van der Waals surface area contributed by atoms with E-state index in [4.69, 9.17) is 5.26 Å². The summed E-state index contributed by atoms with van der Waals surface area (Å²) in [5.74, 6) is -0.485. The quantitative estimate of drug-likeness (QED) is 0.736. The lowest BCUT2D eigenvalue weighted by atomic mass is 10.0. The van der Waals surface area contributed by atoms with Gasteiger partial charge in [-0.15, -0.1) is 0 Å². The van der Waals surface area contributed by atoms with Crippen LogP contribution in [0.25, 0.3) is 11.1 Å². The van der Waals surface area contributed by atoms with Crippen molar-refractivity contribution in [3.63, 3.8) is 0 Å². The highest BCUT2D eigenvalue weighted by Gasteiger charge is 2.34. The number of aromatic nitrogens is 1. The number of pyridine rings is 1. The van der Waals surface area contributed by atoms with E-state index in [1.807, 2.05) is 0 Å². The summed E-state index contributed by atoms with van der Waals surface area (Å²) in [5, 5.41) is 8.62. The summed E-state index contributed by atoms with van der Waals surface area (Å²) in [6.45, 7) is 0. The van der Waals surface area contributed by atoms with Gasteiger partial charge in [-0.3, -0.25) is 0 Å². The molecule has 0 aliphatic carbocycles. The van der Waals surface area contributed by atoms with Crippen molar-refractivity contribution in [2.75, 3.05) is 0 Å². The Morgan fingerprint density at radius 2 is 1.68 bits per heavy atom. The summed E-state index contributed by atoms with van der Waals surface area (Å²) in [7, 11) is 0. The van der Waals surface area contributed by atoms with Crippen LogP contribution in [0.1, 0.15) is 11.3 Å². The number of nitriles is 1. The second kappa shape index (κ2) is 4.69. The van der Waals surface area contributed by atoms with Crippen LogP contribution in [-0.4, -0.2) is 4.98 Å². The minimum absolute atomic E-state index is 0.173. The van der Waals surface area contributed by atoms with E-state index in [9.17, 15) is 17.6 Å². The Bertz CT molecular complexity index is 639. The maximum atomic E-state index is 12.8. The number of alkyl halides is 3. The van der Waals surface area contributed by atoms with Gasteiger partial charge in [-0.05, 0) is 23.8 Å². The van der Waals surface area contributed by atoms with Crippen molar-refractivity contribution in [1.29, 1.82) is 5.26 Å². The van der Waals surface area contributed by atoms with E-state index in [2.05, 4.69) is 4.98 Å². The van der Waals surface area contributed by atoms with E-state index < -0.39 is 23.3 Å². The number of hydrogen-bond acceptors (Lipinski definition) is 2. The molecule has 0 atom stereocenters. The topological polar surface area (TPSA) is 36.7 Å². The molecule has 6 heteroatoms. The van der Waals surface area contributed by atoms with Crippen molar-refractivity contribution < 1.29 is 17.6 Å². The molecule has 1 heterocycles. The molecule has 0 spiro atoms. The average Bonchev–Trinajstić information content (AvgIpc) is 2.38. The average molecular weight is 266 g/mol. The monoisotopic (exact) mass is 266 g/mol. The molecular weight excluding hydrogens is 260 g/mol. The predicted octanol–water partition coefficient (Wildman–Crippen LogP) is 3.78. The molecule has 0 amide bonds. The maximum Gasteiger partial charge on any atom is 0.419 e. The number of nitrogens with zero attached hydrogens (tertiary/aromatic N) is 2. The summed E-state index contributed by atoms with van der Waals surface area (Å²) < 4.78 is 51.0. The molecule has 19 heavy (non-hydrogen) atoms. The van der Waals surface area contributed by atoms with Gasteiger partial charge in [0.05, 0.1) is 5.56 Å². The molecule has 0 unspecified atom stereocenters. The lowest BCUT2D eigenvalue weighted by Gasteiger charge is -2.10. The Morgan fingerprint density at radius 3 is 2.21 bits per heavy atom. The maximum absolute atomic E-state index is 12.8. The van der Waals surface area contributed by atoms with Gasteiger partial charge in [0.2, 0.25) is 0 Å². The summed E-state index contributed by atoms with van der Waals surface area (Å²) in [5.41, 5.74) is -1.22. The summed E-state index contributed by atoms with van der Waals surface area (Å²) >= 11 is 0. The van der Waals surface area contributed by atoms with E-state index >= 15 is 0 Å². The molecule has 0 saturated carbocycles. The highest BCUT2D eigenvalue weighted by molar-refractivity contribution is 5.64. The van der Waals surface area contributed by atoms with E-state index in [1.54, 1.807) is 0 Å². The molecule has 2 aromatic rings. The van der Waals surface area contributed by atoms with Crippen molar-refractivity contribution in [2.24, 2.45) is 0 Å². The van der Waals surface area contributed by atoms with E-state index in [1.165, 1.54) is 18.2 Å². The van der Waals surface area contributed by atoms with Gasteiger partial charge in [0.15, 0.2) is 5.69 Å². The first-order valence-electron chi connectivity index (χ1n) is 5.15. The fraction of sp³-hybridized carbons (Fsp3) is 0.0769. The van der Waals surface area contributed by atoms with Gasteiger partial charge in [-0.25, -0.2) is 9.37 Å². The molecule has 0 bridgehead atoms. The molecule has 0 aliphatic heterocycles. The van der Waals surface area contributed by atoms with Crippen molar-refractivity contribution in [3.05, 3.63) is 53.6 Å². The van der Waals surface area contributed by atoms with Crippen LogP contribution < -0.4 is 0 Å². The summed E-state index contributed by atoms with van der Waals surface area (Å²) in [6.07, 6.45) is -3.50. The Labute approximate surface area is 105 Å². The van der Waals surface area contributed by atoms with Crippen LogP contribution in [0.4, 0.5) is 17.6 Å². The highest BCUT2D eigenvalue weighted by atomic mass is 19.4.